The number of carbonyl (C=O) groups excluding carboxylic acids is 1. The van der Waals surface area contributed by atoms with Gasteiger partial charge in [-0.25, -0.2) is 13.2 Å². The first-order valence-corrected chi connectivity index (χ1v) is 5.25. The Bertz CT molecular complexity index is 485. The van der Waals surface area contributed by atoms with E-state index in [4.69, 9.17) is 0 Å². The van der Waals surface area contributed by atoms with Gasteiger partial charge in [0.25, 0.3) is 0 Å². The summed E-state index contributed by atoms with van der Waals surface area (Å²) in [4.78, 5) is 11.2. The van der Waals surface area contributed by atoms with E-state index < -0.39 is 30.6 Å². The number of rotatable bonds is 5. The zero-order valence-corrected chi connectivity index (χ0v) is 10.1. The fourth-order valence-electron chi connectivity index (χ4n) is 1.29. The Morgan fingerprint density at radius 1 is 1.37 bits per heavy atom. The van der Waals surface area contributed by atoms with E-state index >= 15 is 0 Å². The van der Waals surface area contributed by atoms with Gasteiger partial charge in [-0.05, 0) is 31.5 Å². The molecule has 0 aliphatic carbocycles. The fourth-order valence-corrected chi connectivity index (χ4v) is 1.29. The van der Waals surface area contributed by atoms with E-state index in [2.05, 4.69) is 4.74 Å². The first-order valence-electron chi connectivity index (χ1n) is 5.25. The topological polar surface area (TPSA) is 26.3 Å². The highest BCUT2D eigenvalue weighted by molar-refractivity contribution is 5.96. The molecule has 2 nitrogen and oxygen atoms in total. The van der Waals surface area contributed by atoms with Crippen molar-refractivity contribution in [3.63, 3.8) is 0 Å². The van der Waals surface area contributed by atoms with Crippen LogP contribution in [0, 0.1) is 12.7 Å². The minimum absolute atomic E-state index is 0.0559. The van der Waals surface area contributed by atoms with Crippen LogP contribution in [-0.4, -0.2) is 24.7 Å². The van der Waals surface area contributed by atoms with Crippen LogP contribution in [0.25, 0.3) is 0 Å². The summed E-state index contributed by atoms with van der Waals surface area (Å²) in [6.07, 6.45) is -3.88. The molecule has 1 aromatic rings. The average molecular weight is 282 g/mol. The molecule has 0 aliphatic heterocycles. The van der Waals surface area contributed by atoms with Gasteiger partial charge in [0, 0.05) is 0 Å². The molecule has 0 amide bonds. The van der Waals surface area contributed by atoms with Gasteiger partial charge in [0.05, 0.1) is 5.56 Å². The lowest BCUT2D eigenvalue weighted by molar-refractivity contribution is -0.148. The number of aryl methyl sites for hydroxylation is 1. The van der Waals surface area contributed by atoms with Crippen molar-refractivity contribution in [3.05, 3.63) is 29.1 Å². The number of ether oxygens (including phenoxy) is 1. The van der Waals surface area contributed by atoms with Crippen molar-refractivity contribution in [3.8, 4) is 5.75 Å². The third kappa shape index (κ3) is 3.65. The Morgan fingerprint density at radius 3 is 2.42 bits per heavy atom. The smallest absolute Gasteiger partial charge is 0.340 e. The van der Waals surface area contributed by atoms with E-state index in [9.17, 15) is 26.7 Å². The van der Waals surface area contributed by atoms with Crippen molar-refractivity contribution >= 4 is 5.78 Å². The van der Waals surface area contributed by atoms with E-state index in [-0.39, 0.29) is 16.9 Å². The number of alkyl halides is 4. The van der Waals surface area contributed by atoms with Crippen molar-refractivity contribution in [2.24, 2.45) is 0 Å². The van der Waals surface area contributed by atoms with Crippen molar-refractivity contribution in [2.75, 3.05) is 6.61 Å². The minimum Gasteiger partial charge on any atom is -0.486 e. The molecule has 19 heavy (non-hydrogen) atoms. The average Bonchev–Trinajstić information content (AvgIpc) is 2.29. The Morgan fingerprint density at radius 2 is 1.95 bits per heavy atom. The number of hydrogen-bond acceptors (Lipinski definition) is 2. The maximum absolute atomic E-state index is 13.2. The molecule has 0 bridgehead atoms. The van der Waals surface area contributed by atoms with Gasteiger partial charge in [-0.1, -0.05) is 0 Å². The fraction of sp³-hybridized carbons (Fsp3) is 0.417. The van der Waals surface area contributed by atoms with Gasteiger partial charge in [-0.15, -0.1) is 0 Å². The molecule has 1 aromatic carbocycles. The third-order valence-corrected chi connectivity index (χ3v) is 2.38. The molecule has 0 atom stereocenters. The van der Waals surface area contributed by atoms with Crippen LogP contribution in [0.3, 0.4) is 0 Å². The summed E-state index contributed by atoms with van der Waals surface area (Å²) in [7, 11) is 0. The molecule has 0 spiro atoms. The molecule has 7 heteroatoms. The predicted molar refractivity (Wildman–Crippen MR) is 57.6 cm³/mol. The Hall–Kier alpha value is -1.66. The molecule has 0 radical (unpaired) electrons. The zero-order valence-electron chi connectivity index (χ0n) is 10.1. The van der Waals surface area contributed by atoms with Crippen LogP contribution in [0.1, 0.15) is 22.8 Å². The third-order valence-electron chi connectivity index (χ3n) is 2.38. The second kappa shape index (κ2) is 5.54. The van der Waals surface area contributed by atoms with Gasteiger partial charge in [0.2, 0.25) is 0 Å². The molecule has 0 N–H and O–H groups in total. The summed E-state index contributed by atoms with van der Waals surface area (Å²) in [5, 5.41) is 0. The van der Waals surface area contributed by atoms with Crippen molar-refractivity contribution in [2.45, 2.75) is 26.2 Å². The van der Waals surface area contributed by atoms with E-state index in [1.165, 1.54) is 6.92 Å². The quantitative estimate of drug-likeness (QED) is 0.609. The highest BCUT2D eigenvalue weighted by Gasteiger charge is 2.42. The predicted octanol–water partition coefficient (Wildman–Crippen LogP) is 3.62. The summed E-state index contributed by atoms with van der Waals surface area (Å²) in [5.41, 5.74) is -0.214. The van der Waals surface area contributed by atoms with Crippen LogP contribution in [0.5, 0.6) is 5.75 Å². The van der Waals surface area contributed by atoms with Crippen molar-refractivity contribution in [1.82, 2.24) is 0 Å². The number of benzene rings is 1. The first-order chi connectivity index (χ1) is 8.65. The molecular formula is C12H11F5O2. The second-order valence-corrected chi connectivity index (χ2v) is 4.00. The van der Waals surface area contributed by atoms with Gasteiger partial charge in [-0.3, -0.25) is 4.79 Å². The zero-order chi connectivity index (χ0) is 14.8. The standard InChI is InChI=1S/C12H11F5O2/c1-6-3-10(8(7(2)18)4-9(6)13)19-5-12(16,17)11(14)15/h3-4,11H,5H2,1-2H3. The number of carbonyl (C=O) groups is 1. The normalized spacial score (nSPS) is 11.8. The maximum atomic E-state index is 13.2. The summed E-state index contributed by atoms with van der Waals surface area (Å²) in [5.74, 6) is -6.00. The molecule has 0 saturated carbocycles. The van der Waals surface area contributed by atoms with Gasteiger partial charge in [0.15, 0.2) is 12.4 Å². The monoisotopic (exact) mass is 282 g/mol. The number of hydrogen-bond donors (Lipinski definition) is 0. The Kier molecular flexibility index (Phi) is 4.49. The first kappa shape index (κ1) is 15.4. The summed E-state index contributed by atoms with van der Waals surface area (Å²) >= 11 is 0. The maximum Gasteiger partial charge on any atom is 0.340 e. The number of ketones is 1. The lowest BCUT2D eigenvalue weighted by atomic mass is 10.1. The van der Waals surface area contributed by atoms with E-state index in [0.29, 0.717) is 0 Å². The lowest BCUT2D eigenvalue weighted by Crippen LogP contribution is -2.34. The highest BCUT2D eigenvalue weighted by atomic mass is 19.3. The van der Waals surface area contributed by atoms with Crippen LogP contribution in [-0.2, 0) is 0 Å². The highest BCUT2D eigenvalue weighted by Crippen LogP contribution is 2.28. The van der Waals surface area contributed by atoms with Crippen LogP contribution in [0.4, 0.5) is 22.0 Å². The molecule has 0 unspecified atom stereocenters. The second-order valence-electron chi connectivity index (χ2n) is 4.00. The van der Waals surface area contributed by atoms with Gasteiger partial charge in [0.1, 0.15) is 11.6 Å². The van der Waals surface area contributed by atoms with Crippen molar-refractivity contribution in [1.29, 1.82) is 0 Å². The van der Waals surface area contributed by atoms with Crippen molar-refractivity contribution < 1.29 is 31.5 Å². The largest absolute Gasteiger partial charge is 0.486 e. The van der Waals surface area contributed by atoms with E-state index in [1.807, 2.05) is 0 Å². The molecule has 0 heterocycles. The van der Waals surface area contributed by atoms with Crippen LogP contribution in [0.2, 0.25) is 0 Å². The van der Waals surface area contributed by atoms with Crippen LogP contribution < -0.4 is 4.74 Å². The molecule has 0 saturated heterocycles. The molecule has 106 valence electrons. The van der Waals surface area contributed by atoms with E-state index in [1.54, 1.807) is 0 Å². The lowest BCUT2D eigenvalue weighted by Gasteiger charge is -2.17. The summed E-state index contributed by atoms with van der Waals surface area (Å²) < 4.78 is 67.1. The molecule has 1 rings (SSSR count). The van der Waals surface area contributed by atoms with Gasteiger partial charge >= 0.3 is 12.3 Å². The minimum atomic E-state index is -4.34. The molecule has 0 aromatic heterocycles. The SMILES string of the molecule is CC(=O)c1cc(F)c(C)cc1OCC(F)(F)C(F)F. The Labute approximate surface area is 106 Å². The van der Waals surface area contributed by atoms with Gasteiger partial charge in [-0.2, -0.15) is 8.78 Å². The van der Waals surface area contributed by atoms with Crippen LogP contribution in [0.15, 0.2) is 12.1 Å². The van der Waals surface area contributed by atoms with Gasteiger partial charge < -0.3 is 4.74 Å². The van der Waals surface area contributed by atoms with Crippen LogP contribution >= 0.6 is 0 Å². The summed E-state index contributed by atoms with van der Waals surface area (Å²) in [6, 6.07) is 1.85. The summed E-state index contributed by atoms with van der Waals surface area (Å²) in [6.45, 7) is 0.829. The molecular weight excluding hydrogens is 271 g/mol. The number of Topliss-reactive ketones (excluding diaryl/α,β-unsaturated/α-hetero) is 1. The Balaban J connectivity index is 3.01. The molecule has 0 fully saturated rings. The van der Waals surface area contributed by atoms with E-state index in [0.717, 1.165) is 19.1 Å². The number of halogens is 5. The molecule has 0 aliphatic rings.